The van der Waals surface area contributed by atoms with Crippen molar-refractivity contribution in [2.75, 3.05) is 6.54 Å². The quantitative estimate of drug-likeness (QED) is 0.651. The predicted octanol–water partition coefficient (Wildman–Crippen LogP) is 4.41. The molecule has 0 spiro atoms. The summed E-state index contributed by atoms with van der Waals surface area (Å²) in [7, 11) is -3.68. The molecule has 0 unspecified atom stereocenters. The summed E-state index contributed by atoms with van der Waals surface area (Å²) in [6, 6.07) is 20.7. The van der Waals surface area contributed by atoms with Gasteiger partial charge in [0.25, 0.3) is 0 Å². The van der Waals surface area contributed by atoms with E-state index in [4.69, 9.17) is 0 Å². The van der Waals surface area contributed by atoms with Crippen molar-refractivity contribution in [3.63, 3.8) is 0 Å². The molecule has 5 heteroatoms. The molecule has 29 heavy (non-hydrogen) atoms. The molecular formula is C24H21NO3S. The Hall–Kier alpha value is -2.76. The number of sulfonamides is 1. The number of allylic oxidation sites excluding steroid dienone is 1. The molecule has 5 rings (SSSR count). The second-order valence-corrected chi connectivity index (χ2v) is 9.80. The molecule has 0 aromatic heterocycles. The van der Waals surface area contributed by atoms with Gasteiger partial charge in [0.15, 0.2) is 5.78 Å². The molecule has 3 aromatic carbocycles. The standard InChI is InChI=1S/C24H21NO3S/c1-16-6-10-22(11-7-16)29(27,28)25-15-20-13-21(26)14-23(20)24(25)19-9-8-17-4-2-3-5-18(17)12-19/h2-13,23-24H,14-15H2,1H3/t23-,24-/m1/s1. The maximum atomic E-state index is 13.5. The normalized spacial score (nSPS) is 22.1. The second kappa shape index (κ2) is 6.65. The Kier molecular flexibility index (Phi) is 4.19. The minimum absolute atomic E-state index is 0.0863. The lowest BCUT2D eigenvalue weighted by Crippen LogP contribution is -2.32. The van der Waals surface area contributed by atoms with Crippen molar-refractivity contribution in [1.29, 1.82) is 0 Å². The first-order valence-corrected chi connectivity index (χ1v) is 11.2. The second-order valence-electron chi connectivity index (χ2n) is 7.91. The van der Waals surface area contributed by atoms with E-state index in [-0.39, 0.29) is 24.3 Å². The van der Waals surface area contributed by atoms with E-state index in [0.717, 1.165) is 27.5 Å². The molecule has 1 saturated heterocycles. The number of carbonyl (C=O) groups is 1. The lowest BCUT2D eigenvalue weighted by Gasteiger charge is -2.27. The van der Waals surface area contributed by atoms with Crippen molar-refractivity contribution in [2.45, 2.75) is 24.3 Å². The van der Waals surface area contributed by atoms with Gasteiger partial charge < -0.3 is 0 Å². The van der Waals surface area contributed by atoms with Crippen molar-refractivity contribution >= 4 is 26.6 Å². The van der Waals surface area contributed by atoms with Crippen LogP contribution in [0, 0.1) is 12.8 Å². The molecule has 1 heterocycles. The Labute approximate surface area is 170 Å². The number of nitrogens with zero attached hydrogens (tertiary/aromatic N) is 1. The monoisotopic (exact) mass is 403 g/mol. The molecule has 2 aliphatic rings. The highest BCUT2D eigenvalue weighted by molar-refractivity contribution is 7.89. The number of rotatable bonds is 3. The minimum Gasteiger partial charge on any atom is -0.295 e. The largest absolute Gasteiger partial charge is 0.295 e. The molecule has 1 fully saturated rings. The van der Waals surface area contributed by atoms with Gasteiger partial charge in [-0.05, 0) is 53.1 Å². The Morgan fingerprint density at radius 1 is 0.931 bits per heavy atom. The van der Waals surface area contributed by atoms with E-state index >= 15 is 0 Å². The molecule has 0 N–H and O–H groups in total. The number of benzene rings is 3. The van der Waals surface area contributed by atoms with Crippen molar-refractivity contribution < 1.29 is 13.2 Å². The molecule has 0 saturated carbocycles. The SMILES string of the molecule is Cc1ccc(S(=O)(=O)N2CC3=CC(=O)C[C@H]3[C@H]2c2ccc3ccccc3c2)cc1. The number of aryl methyl sites for hydroxylation is 1. The zero-order chi connectivity index (χ0) is 20.2. The first-order chi connectivity index (χ1) is 13.9. The third kappa shape index (κ3) is 3.02. The topological polar surface area (TPSA) is 54.5 Å². The van der Waals surface area contributed by atoms with Crippen LogP contribution in [0.2, 0.25) is 0 Å². The van der Waals surface area contributed by atoms with Crippen LogP contribution in [0.3, 0.4) is 0 Å². The summed E-state index contributed by atoms with van der Waals surface area (Å²) in [5, 5.41) is 2.18. The number of hydrogen-bond donors (Lipinski definition) is 0. The van der Waals surface area contributed by atoms with E-state index in [9.17, 15) is 13.2 Å². The average molecular weight is 404 g/mol. The van der Waals surface area contributed by atoms with Gasteiger partial charge in [0.1, 0.15) is 0 Å². The van der Waals surface area contributed by atoms with Crippen LogP contribution >= 0.6 is 0 Å². The summed E-state index contributed by atoms with van der Waals surface area (Å²) in [5.41, 5.74) is 2.87. The van der Waals surface area contributed by atoms with Gasteiger partial charge in [0, 0.05) is 18.9 Å². The first kappa shape index (κ1) is 18.3. The zero-order valence-electron chi connectivity index (χ0n) is 16.1. The van der Waals surface area contributed by atoms with E-state index in [1.54, 1.807) is 22.5 Å². The van der Waals surface area contributed by atoms with Crippen LogP contribution in [0.4, 0.5) is 0 Å². The van der Waals surface area contributed by atoms with Crippen molar-refractivity contribution in [3.8, 4) is 0 Å². The van der Waals surface area contributed by atoms with Crippen molar-refractivity contribution in [3.05, 3.63) is 89.5 Å². The summed E-state index contributed by atoms with van der Waals surface area (Å²) in [6.45, 7) is 2.20. The Bertz CT molecular complexity index is 1260. The average Bonchev–Trinajstić information content (AvgIpc) is 3.24. The Morgan fingerprint density at radius 3 is 2.41 bits per heavy atom. The van der Waals surface area contributed by atoms with Crippen LogP contribution in [-0.4, -0.2) is 25.1 Å². The van der Waals surface area contributed by atoms with Gasteiger partial charge in [0.2, 0.25) is 10.0 Å². The minimum atomic E-state index is -3.68. The lowest BCUT2D eigenvalue weighted by atomic mass is 9.90. The lowest BCUT2D eigenvalue weighted by molar-refractivity contribution is -0.114. The van der Waals surface area contributed by atoms with Gasteiger partial charge >= 0.3 is 0 Å². The predicted molar refractivity (Wildman–Crippen MR) is 113 cm³/mol. The first-order valence-electron chi connectivity index (χ1n) is 9.74. The van der Waals surface area contributed by atoms with Crippen LogP contribution in [0.1, 0.15) is 23.6 Å². The molecular weight excluding hydrogens is 382 g/mol. The van der Waals surface area contributed by atoms with E-state index in [1.165, 1.54) is 0 Å². The van der Waals surface area contributed by atoms with Gasteiger partial charge in [-0.25, -0.2) is 8.42 Å². The van der Waals surface area contributed by atoms with Crippen LogP contribution in [0.25, 0.3) is 10.8 Å². The highest BCUT2D eigenvalue weighted by atomic mass is 32.2. The Balaban J connectivity index is 1.64. The third-order valence-electron chi connectivity index (χ3n) is 6.02. The van der Waals surface area contributed by atoms with E-state index in [0.29, 0.717) is 11.3 Å². The van der Waals surface area contributed by atoms with Gasteiger partial charge in [-0.2, -0.15) is 4.31 Å². The summed E-state index contributed by atoms with van der Waals surface area (Å²) in [6.07, 6.45) is 2.01. The van der Waals surface area contributed by atoms with Gasteiger partial charge in [-0.3, -0.25) is 4.79 Å². The summed E-state index contributed by atoms with van der Waals surface area (Å²) in [4.78, 5) is 12.4. The zero-order valence-corrected chi connectivity index (χ0v) is 16.9. The van der Waals surface area contributed by atoms with Crippen molar-refractivity contribution in [2.24, 2.45) is 5.92 Å². The van der Waals surface area contributed by atoms with Gasteiger partial charge in [-0.15, -0.1) is 0 Å². The molecule has 0 radical (unpaired) electrons. The molecule has 0 bridgehead atoms. The fourth-order valence-corrected chi connectivity index (χ4v) is 6.18. The summed E-state index contributed by atoms with van der Waals surface area (Å²) >= 11 is 0. The molecule has 2 atom stereocenters. The molecule has 1 aliphatic carbocycles. The fourth-order valence-electron chi connectivity index (χ4n) is 4.55. The van der Waals surface area contributed by atoms with Crippen LogP contribution in [0.15, 0.2) is 83.3 Å². The van der Waals surface area contributed by atoms with Crippen molar-refractivity contribution in [1.82, 2.24) is 4.31 Å². The highest BCUT2D eigenvalue weighted by Gasteiger charge is 2.47. The van der Waals surface area contributed by atoms with E-state index in [1.807, 2.05) is 55.5 Å². The third-order valence-corrected chi connectivity index (χ3v) is 7.86. The summed E-state index contributed by atoms with van der Waals surface area (Å²) in [5.74, 6) is -0.00735. The maximum Gasteiger partial charge on any atom is 0.243 e. The van der Waals surface area contributed by atoms with Crippen LogP contribution in [0.5, 0.6) is 0 Å². The molecule has 146 valence electrons. The molecule has 1 aliphatic heterocycles. The molecule has 0 amide bonds. The molecule has 4 nitrogen and oxygen atoms in total. The van der Waals surface area contributed by atoms with Crippen LogP contribution in [-0.2, 0) is 14.8 Å². The number of fused-ring (bicyclic) bond motifs is 2. The maximum absolute atomic E-state index is 13.5. The Morgan fingerprint density at radius 2 is 1.66 bits per heavy atom. The fraction of sp³-hybridized carbons (Fsp3) is 0.208. The smallest absolute Gasteiger partial charge is 0.243 e. The highest BCUT2D eigenvalue weighted by Crippen LogP contribution is 2.48. The number of ketones is 1. The van der Waals surface area contributed by atoms with Gasteiger partial charge in [0.05, 0.1) is 10.9 Å². The number of hydrogen-bond acceptors (Lipinski definition) is 3. The van der Waals surface area contributed by atoms with Crippen LogP contribution < -0.4 is 0 Å². The summed E-state index contributed by atoms with van der Waals surface area (Å²) < 4.78 is 28.6. The van der Waals surface area contributed by atoms with E-state index in [2.05, 4.69) is 6.07 Å². The molecule has 3 aromatic rings. The number of carbonyl (C=O) groups excluding carboxylic acids is 1. The van der Waals surface area contributed by atoms with E-state index < -0.39 is 10.0 Å². The van der Waals surface area contributed by atoms with Gasteiger partial charge in [-0.1, -0.05) is 54.1 Å².